The van der Waals surface area contributed by atoms with E-state index in [2.05, 4.69) is 19.1 Å². The van der Waals surface area contributed by atoms with Gasteiger partial charge in [-0.2, -0.15) is 0 Å². The van der Waals surface area contributed by atoms with Gasteiger partial charge in [-0.25, -0.2) is 0 Å². The zero-order valence-electron chi connectivity index (χ0n) is 5.17. The SMILES string of the molecule is CCC1C=CCC1O. The third kappa shape index (κ3) is 0.920. The molecule has 0 saturated carbocycles. The molecule has 1 aliphatic carbocycles. The Balaban J connectivity index is 2.41. The molecule has 0 spiro atoms. The lowest BCUT2D eigenvalue weighted by atomic mass is 10.0. The monoisotopic (exact) mass is 112 g/mol. The number of aliphatic hydroxyl groups excluding tert-OH is 1. The Morgan fingerprint density at radius 1 is 1.75 bits per heavy atom. The second-order valence-electron chi connectivity index (χ2n) is 2.30. The van der Waals surface area contributed by atoms with Gasteiger partial charge in [-0.05, 0) is 12.8 Å². The molecule has 0 aromatic heterocycles. The molecule has 0 amide bonds. The predicted octanol–water partition coefficient (Wildman–Crippen LogP) is 1.33. The zero-order chi connectivity index (χ0) is 5.98. The minimum atomic E-state index is -0.0833. The molecule has 0 bridgehead atoms. The van der Waals surface area contributed by atoms with Crippen molar-refractivity contribution in [3.05, 3.63) is 12.2 Å². The van der Waals surface area contributed by atoms with Gasteiger partial charge < -0.3 is 5.11 Å². The summed E-state index contributed by atoms with van der Waals surface area (Å²) in [5.41, 5.74) is 0. The molecule has 0 radical (unpaired) electrons. The Bertz CT molecular complexity index is 96.6. The van der Waals surface area contributed by atoms with Crippen molar-refractivity contribution in [1.82, 2.24) is 0 Å². The molecule has 2 atom stereocenters. The molecular weight excluding hydrogens is 100 g/mol. The summed E-state index contributed by atoms with van der Waals surface area (Å²) in [4.78, 5) is 0. The molecule has 0 heterocycles. The minimum absolute atomic E-state index is 0.0833. The van der Waals surface area contributed by atoms with Gasteiger partial charge >= 0.3 is 0 Å². The van der Waals surface area contributed by atoms with Gasteiger partial charge in [0.1, 0.15) is 0 Å². The highest BCUT2D eigenvalue weighted by Gasteiger charge is 2.16. The summed E-state index contributed by atoms with van der Waals surface area (Å²) in [7, 11) is 0. The van der Waals surface area contributed by atoms with Crippen LogP contribution in [0, 0.1) is 5.92 Å². The molecule has 0 fully saturated rings. The predicted molar refractivity (Wildman–Crippen MR) is 33.5 cm³/mol. The summed E-state index contributed by atoms with van der Waals surface area (Å²) in [5.74, 6) is 0.440. The van der Waals surface area contributed by atoms with E-state index in [4.69, 9.17) is 5.11 Å². The average molecular weight is 112 g/mol. The quantitative estimate of drug-likeness (QED) is 0.507. The van der Waals surface area contributed by atoms with Crippen LogP contribution in [0.1, 0.15) is 19.8 Å². The molecule has 0 aromatic rings. The summed E-state index contributed by atoms with van der Waals surface area (Å²) < 4.78 is 0. The van der Waals surface area contributed by atoms with Crippen molar-refractivity contribution in [2.75, 3.05) is 0 Å². The number of rotatable bonds is 1. The largest absolute Gasteiger partial charge is 0.392 e. The smallest absolute Gasteiger partial charge is 0.0637 e. The van der Waals surface area contributed by atoms with Crippen molar-refractivity contribution in [2.24, 2.45) is 5.92 Å². The van der Waals surface area contributed by atoms with Crippen LogP contribution in [0.25, 0.3) is 0 Å². The van der Waals surface area contributed by atoms with Gasteiger partial charge in [0.05, 0.1) is 6.10 Å². The molecule has 46 valence electrons. The lowest BCUT2D eigenvalue weighted by Crippen LogP contribution is -2.11. The first-order valence-corrected chi connectivity index (χ1v) is 3.19. The van der Waals surface area contributed by atoms with E-state index < -0.39 is 0 Å². The molecular formula is C7H12O. The fraction of sp³-hybridized carbons (Fsp3) is 0.714. The van der Waals surface area contributed by atoms with Gasteiger partial charge in [-0.3, -0.25) is 0 Å². The first-order chi connectivity index (χ1) is 3.84. The molecule has 1 heteroatoms. The topological polar surface area (TPSA) is 20.2 Å². The van der Waals surface area contributed by atoms with Gasteiger partial charge in [0, 0.05) is 5.92 Å². The molecule has 0 aromatic carbocycles. The van der Waals surface area contributed by atoms with Gasteiger partial charge in [0.2, 0.25) is 0 Å². The van der Waals surface area contributed by atoms with Crippen molar-refractivity contribution in [3.8, 4) is 0 Å². The molecule has 1 N–H and O–H groups in total. The van der Waals surface area contributed by atoms with Gasteiger partial charge in [-0.15, -0.1) is 0 Å². The van der Waals surface area contributed by atoms with Crippen molar-refractivity contribution >= 4 is 0 Å². The van der Waals surface area contributed by atoms with E-state index in [1.54, 1.807) is 0 Å². The second kappa shape index (κ2) is 2.31. The highest BCUT2D eigenvalue weighted by molar-refractivity contribution is 5.00. The highest BCUT2D eigenvalue weighted by atomic mass is 16.3. The van der Waals surface area contributed by atoms with E-state index in [1.165, 1.54) is 0 Å². The molecule has 0 aliphatic heterocycles. The maximum Gasteiger partial charge on any atom is 0.0637 e. The van der Waals surface area contributed by atoms with Gasteiger partial charge in [0.25, 0.3) is 0 Å². The molecule has 0 saturated heterocycles. The standard InChI is InChI=1S/C7H12O/c1-2-6-4-3-5-7(6)8/h3-4,6-8H,2,5H2,1H3. The summed E-state index contributed by atoms with van der Waals surface area (Å²) in [6, 6.07) is 0. The van der Waals surface area contributed by atoms with E-state index in [-0.39, 0.29) is 6.10 Å². The van der Waals surface area contributed by atoms with Crippen LogP contribution in [0.3, 0.4) is 0 Å². The third-order valence-corrected chi connectivity index (χ3v) is 1.73. The molecule has 1 rings (SSSR count). The van der Waals surface area contributed by atoms with Crippen LogP contribution in [0.2, 0.25) is 0 Å². The lowest BCUT2D eigenvalue weighted by Gasteiger charge is -2.08. The Hall–Kier alpha value is -0.300. The summed E-state index contributed by atoms with van der Waals surface area (Å²) in [6.45, 7) is 2.10. The number of hydrogen-bond donors (Lipinski definition) is 1. The highest BCUT2D eigenvalue weighted by Crippen LogP contribution is 2.20. The number of hydrogen-bond acceptors (Lipinski definition) is 1. The van der Waals surface area contributed by atoms with Crippen molar-refractivity contribution in [1.29, 1.82) is 0 Å². The second-order valence-corrected chi connectivity index (χ2v) is 2.30. The van der Waals surface area contributed by atoms with Crippen molar-refractivity contribution in [2.45, 2.75) is 25.9 Å². The first-order valence-electron chi connectivity index (χ1n) is 3.19. The molecule has 1 aliphatic rings. The van der Waals surface area contributed by atoms with Crippen molar-refractivity contribution in [3.63, 3.8) is 0 Å². The maximum atomic E-state index is 9.13. The molecule has 8 heavy (non-hydrogen) atoms. The summed E-state index contributed by atoms with van der Waals surface area (Å²) in [5, 5.41) is 9.13. The molecule has 2 unspecified atom stereocenters. The minimum Gasteiger partial charge on any atom is -0.392 e. The van der Waals surface area contributed by atoms with E-state index in [0.717, 1.165) is 12.8 Å². The summed E-state index contributed by atoms with van der Waals surface area (Å²) in [6.07, 6.45) is 6.00. The van der Waals surface area contributed by atoms with Crippen LogP contribution < -0.4 is 0 Å². The fourth-order valence-corrected chi connectivity index (χ4v) is 1.10. The Morgan fingerprint density at radius 3 is 2.75 bits per heavy atom. The molecule has 1 nitrogen and oxygen atoms in total. The van der Waals surface area contributed by atoms with Gasteiger partial charge in [0.15, 0.2) is 0 Å². The first kappa shape index (κ1) is 5.83. The average Bonchev–Trinajstić information content (AvgIpc) is 2.14. The van der Waals surface area contributed by atoms with E-state index in [1.807, 2.05) is 0 Å². The Kier molecular flexibility index (Phi) is 1.69. The van der Waals surface area contributed by atoms with E-state index in [0.29, 0.717) is 5.92 Å². The van der Waals surface area contributed by atoms with Crippen molar-refractivity contribution < 1.29 is 5.11 Å². The van der Waals surface area contributed by atoms with Crippen LogP contribution in [0.4, 0.5) is 0 Å². The van der Waals surface area contributed by atoms with E-state index in [9.17, 15) is 0 Å². The van der Waals surface area contributed by atoms with Gasteiger partial charge in [-0.1, -0.05) is 19.1 Å². The zero-order valence-corrected chi connectivity index (χ0v) is 5.17. The fourth-order valence-electron chi connectivity index (χ4n) is 1.10. The van der Waals surface area contributed by atoms with Crippen LogP contribution in [0.5, 0.6) is 0 Å². The van der Waals surface area contributed by atoms with Crippen LogP contribution in [-0.4, -0.2) is 11.2 Å². The third-order valence-electron chi connectivity index (χ3n) is 1.73. The van der Waals surface area contributed by atoms with Crippen LogP contribution in [-0.2, 0) is 0 Å². The maximum absolute atomic E-state index is 9.13. The van der Waals surface area contributed by atoms with Crippen LogP contribution in [0.15, 0.2) is 12.2 Å². The number of aliphatic hydroxyl groups is 1. The normalized spacial score (nSPS) is 36.2. The Labute approximate surface area is 50.0 Å². The van der Waals surface area contributed by atoms with Crippen LogP contribution >= 0.6 is 0 Å². The summed E-state index contributed by atoms with van der Waals surface area (Å²) >= 11 is 0. The lowest BCUT2D eigenvalue weighted by molar-refractivity contribution is 0.141. The Morgan fingerprint density at radius 2 is 2.50 bits per heavy atom. The van der Waals surface area contributed by atoms with E-state index >= 15 is 0 Å².